The summed E-state index contributed by atoms with van der Waals surface area (Å²) in [4.78, 5) is 10.7. The van der Waals surface area contributed by atoms with Gasteiger partial charge in [-0.1, -0.05) is 27.7 Å². The van der Waals surface area contributed by atoms with Crippen LogP contribution in [0.3, 0.4) is 0 Å². The number of nitrogens with one attached hydrogen (secondary N) is 1. The molecule has 1 N–H and O–H groups in total. The van der Waals surface area contributed by atoms with Crippen molar-refractivity contribution in [3.05, 3.63) is 5.73 Å². The zero-order valence-corrected chi connectivity index (χ0v) is 8.51. The topological polar surface area (TPSA) is 40.9 Å². The molecule has 0 aliphatic carbocycles. The van der Waals surface area contributed by atoms with E-state index in [1.807, 2.05) is 27.7 Å². The smallest absolute Gasteiger partial charge is 0.0524 e. The quantitative estimate of drug-likeness (QED) is 0.691. The van der Waals surface area contributed by atoms with Crippen molar-refractivity contribution in [1.82, 2.24) is 0 Å². The minimum absolute atomic E-state index is 0. The molecule has 0 fully saturated rings. The van der Waals surface area contributed by atoms with Crippen molar-refractivity contribution >= 4 is 5.91 Å². The molecule has 0 saturated carbocycles. The van der Waals surface area contributed by atoms with Crippen molar-refractivity contribution in [2.45, 2.75) is 27.7 Å². The molecule has 0 unspecified atom stereocenters. The molecule has 0 heterocycles. The molecule has 69 valence electrons. The van der Waals surface area contributed by atoms with Crippen LogP contribution >= 0.6 is 0 Å². The molecular weight excluding hydrogens is 185 g/mol. The molecule has 0 aromatic heterocycles. The Hall–Kier alpha value is -0.0235. The maximum Gasteiger partial charge on any atom is 0.0524 e. The Morgan fingerprint density at radius 1 is 1.09 bits per heavy atom. The molecule has 0 aliphatic rings. The SMILES string of the molecule is CC(C)C(C([NH-])=O)C(C)C.[Co]. The molecule has 1 radical (unpaired) electrons. The molecule has 2 nitrogen and oxygen atoms in total. The van der Waals surface area contributed by atoms with Gasteiger partial charge in [0.1, 0.15) is 0 Å². The zero-order valence-electron chi connectivity index (χ0n) is 7.47. The first kappa shape index (κ1) is 13.6. The van der Waals surface area contributed by atoms with Crippen molar-refractivity contribution in [2.75, 3.05) is 0 Å². The van der Waals surface area contributed by atoms with Crippen molar-refractivity contribution < 1.29 is 21.6 Å². The normalized spacial score (nSPS) is 10.5. The molecule has 0 aromatic carbocycles. The van der Waals surface area contributed by atoms with Crippen LogP contribution < -0.4 is 0 Å². The van der Waals surface area contributed by atoms with Crippen LogP contribution in [0.4, 0.5) is 0 Å². The maximum absolute atomic E-state index is 10.7. The van der Waals surface area contributed by atoms with Gasteiger partial charge in [-0.25, -0.2) is 0 Å². The Kier molecular flexibility index (Phi) is 6.91. The van der Waals surface area contributed by atoms with Crippen LogP contribution in [0.25, 0.3) is 5.73 Å². The summed E-state index contributed by atoms with van der Waals surface area (Å²) in [5, 5.41) is 0. The van der Waals surface area contributed by atoms with E-state index in [0.29, 0.717) is 11.8 Å². The standard InChI is InChI=1S/C8H17NO.Co/c1-5(2)7(6(3)4)8(9)10;/h5-7H,1-4H3,(H2,9,10);/p-1. The van der Waals surface area contributed by atoms with Gasteiger partial charge >= 0.3 is 0 Å². The van der Waals surface area contributed by atoms with Crippen LogP contribution in [0.5, 0.6) is 0 Å². The molecule has 11 heavy (non-hydrogen) atoms. The molecule has 0 atom stereocenters. The first-order chi connectivity index (χ1) is 4.46. The molecule has 0 spiro atoms. The van der Waals surface area contributed by atoms with E-state index in [1.54, 1.807) is 0 Å². The predicted molar refractivity (Wildman–Crippen MR) is 42.5 cm³/mol. The summed E-state index contributed by atoms with van der Waals surface area (Å²) in [5.41, 5.74) is 6.96. The zero-order chi connectivity index (χ0) is 8.31. The third-order valence-corrected chi connectivity index (χ3v) is 1.74. The Labute approximate surface area is 79.1 Å². The van der Waals surface area contributed by atoms with E-state index in [9.17, 15) is 4.79 Å². The van der Waals surface area contributed by atoms with Gasteiger partial charge < -0.3 is 10.5 Å². The van der Waals surface area contributed by atoms with E-state index in [4.69, 9.17) is 5.73 Å². The predicted octanol–water partition coefficient (Wildman–Crippen LogP) is 2.49. The summed E-state index contributed by atoms with van der Waals surface area (Å²) in [5.74, 6) is 0.0833. The summed E-state index contributed by atoms with van der Waals surface area (Å²) in [6.45, 7) is 7.93. The van der Waals surface area contributed by atoms with Gasteiger partial charge in [0.2, 0.25) is 0 Å². The molecule has 1 amide bonds. The molecule has 0 aliphatic heterocycles. The largest absolute Gasteiger partial charge is 0.668 e. The number of amides is 1. The van der Waals surface area contributed by atoms with Gasteiger partial charge in [0, 0.05) is 22.7 Å². The van der Waals surface area contributed by atoms with Crippen LogP contribution in [0, 0.1) is 17.8 Å². The Morgan fingerprint density at radius 3 is 1.36 bits per heavy atom. The van der Waals surface area contributed by atoms with E-state index < -0.39 is 5.91 Å². The molecular formula is C8H16CoNO-. The monoisotopic (exact) mass is 201 g/mol. The van der Waals surface area contributed by atoms with Gasteiger partial charge in [0.15, 0.2) is 0 Å². The van der Waals surface area contributed by atoms with E-state index in [0.717, 1.165) is 0 Å². The molecule has 0 aromatic rings. The molecule has 3 heteroatoms. The summed E-state index contributed by atoms with van der Waals surface area (Å²) in [6, 6.07) is 0. The average molecular weight is 201 g/mol. The van der Waals surface area contributed by atoms with Crippen molar-refractivity contribution in [1.29, 1.82) is 0 Å². The molecule has 0 rings (SSSR count). The fourth-order valence-corrected chi connectivity index (χ4v) is 1.38. The van der Waals surface area contributed by atoms with Gasteiger partial charge in [-0.2, -0.15) is 0 Å². The van der Waals surface area contributed by atoms with Gasteiger partial charge in [0.25, 0.3) is 0 Å². The second-order valence-corrected chi connectivity index (χ2v) is 3.38. The average Bonchev–Trinajstić information content (AvgIpc) is 1.59. The number of hydrogen-bond donors (Lipinski definition) is 0. The second kappa shape index (κ2) is 5.60. The third-order valence-electron chi connectivity index (χ3n) is 1.74. The van der Waals surface area contributed by atoms with E-state index >= 15 is 0 Å². The fraction of sp³-hybridized carbons (Fsp3) is 0.875. The van der Waals surface area contributed by atoms with Gasteiger partial charge in [0.05, 0.1) is 5.91 Å². The minimum atomic E-state index is -0.426. The van der Waals surface area contributed by atoms with Crippen molar-refractivity contribution in [3.63, 3.8) is 0 Å². The van der Waals surface area contributed by atoms with Crippen LogP contribution in [-0.4, -0.2) is 5.91 Å². The van der Waals surface area contributed by atoms with Gasteiger partial charge in [-0.3, -0.25) is 0 Å². The van der Waals surface area contributed by atoms with Crippen molar-refractivity contribution in [2.24, 2.45) is 17.8 Å². The summed E-state index contributed by atoms with van der Waals surface area (Å²) < 4.78 is 0. The minimum Gasteiger partial charge on any atom is -0.668 e. The molecule has 0 bridgehead atoms. The first-order valence-electron chi connectivity index (χ1n) is 3.72. The van der Waals surface area contributed by atoms with Crippen LogP contribution in [0.1, 0.15) is 27.7 Å². The number of carbonyl (C=O) groups is 1. The van der Waals surface area contributed by atoms with Crippen LogP contribution in [0.15, 0.2) is 0 Å². The van der Waals surface area contributed by atoms with E-state index in [1.165, 1.54) is 0 Å². The fourth-order valence-electron chi connectivity index (χ4n) is 1.38. The van der Waals surface area contributed by atoms with Gasteiger partial charge in [-0.05, 0) is 11.8 Å². The Bertz CT molecular complexity index is 115. The van der Waals surface area contributed by atoms with E-state index in [-0.39, 0.29) is 22.7 Å². The van der Waals surface area contributed by atoms with Crippen LogP contribution in [0.2, 0.25) is 0 Å². The summed E-state index contributed by atoms with van der Waals surface area (Å²) in [7, 11) is 0. The second-order valence-electron chi connectivity index (χ2n) is 3.38. The maximum atomic E-state index is 10.7. The van der Waals surface area contributed by atoms with Gasteiger partial charge in [-0.15, -0.1) is 0 Å². The Morgan fingerprint density at radius 2 is 1.36 bits per heavy atom. The number of hydrogen-bond acceptors (Lipinski definition) is 1. The molecule has 0 saturated heterocycles. The van der Waals surface area contributed by atoms with Crippen molar-refractivity contribution in [3.8, 4) is 0 Å². The van der Waals surface area contributed by atoms with Crippen LogP contribution in [-0.2, 0) is 21.6 Å². The number of rotatable bonds is 3. The number of carbonyl (C=O) groups excluding carboxylic acids is 1. The van der Waals surface area contributed by atoms with E-state index in [2.05, 4.69) is 0 Å². The first-order valence-corrected chi connectivity index (χ1v) is 3.72. The summed E-state index contributed by atoms with van der Waals surface area (Å²) >= 11 is 0. The summed E-state index contributed by atoms with van der Waals surface area (Å²) in [6.07, 6.45) is 0. The third kappa shape index (κ3) is 4.43. The Balaban J connectivity index is 0.